The number of amides is 1. The molecular formula is C26H27N5O. The van der Waals surface area contributed by atoms with E-state index in [-0.39, 0.29) is 5.91 Å². The van der Waals surface area contributed by atoms with Crippen LogP contribution in [0.5, 0.6) is 0 Å². The summed E-state index contributed by atoms with van der Waals surface area (Å²) in [6.45, 7) is 2.52. The molecule has 2 aromatic carbocycles. The summed E-state index contributed by atoms with van der Waals surface area (Å²) in [6, 6.07) is 17.8. The highest BCUT2D eigenvalue weighted by molar-refractivity contribution is 5.95. The zero-order chi connectivity index (χ0) is 22.7. The van der Waals surface area contributed by atoms with Gasteiger partial charge in [0.2, 0.25) is 0 Å². The molecule has 1 N–H and O–H groups in total. The minimum absolute atomic E-state index is 0.0852. The molecule has 6 nitrogen and oxygen atoms in total. The minimum atomic E-state index is -0.0852. The van der Waals surface area contributed by atoms with Crippen LogP contribution in [0.3, 0.4) is 0 Å². The Morgan fingerprint density at radius 1 is 1.06 bits per heavy atom. The summed E-state index contributed by atoms with van der Waals surface area (Å²) in [5, 5.41) is 7.69. The van der Waals surface area contributed by atoms with Gasteiger partial charge in [-0.15, -0.1) is 0 Å². The first-order chi connectivity index (χ1) is 15.4. The number of rotatable bonds is 6. The van der Waals surface area contributed by atoms with Crippen molar-refractivity contribution < 1.29 is 4.79 Å². The number of anilines is 1. The fraction of sp³-hybridized carbons (Fsp3) is 0.192. The van der Waals surface area contributed by atoms with Gasteiger partial charge in [-0.3, -0.25) is 14.5 Å². The molecule has 0 spiro atoms. The van der Waals surface area contributed by atoms with E-state index in [1.165, 1.54) is 0 Å². The molecule has 0 bridgehead atoms. The Kier molecular flexibility index (Phi) is 6.03. The van der Waals surface area contributed by atoms with E-state index >= 15 is 0 Å². The second-order valence-electron chi connectivity index (χ2n) is 8.08. The van der Waals surface area contributed by atoms with Gasteiger partial charge < -0.3 is 10.2 Å². The Bertz CT molecular complexity index is 1240. The average molecular weight is 426 g/mol. The van der Waals surface area contributed by atoms with Crippen molar-refractivity contribution in [1.82, 2.24) is 20.1 Å². The standard InChI is InChI=1S/C26H27N5O/c1-18-15-27-13-12-23(18)24-17-31(4)29-25(24)20-10-8-19(9-11-20)16-28-26(32)21-6-5-7-22(14-21)30(2)3/h5-15,17H,16H2,1-4H3,(H,28,32). The van der Waals surface area contributed by atoms with Crippen LogP contribution in [0.4, 0.5) is 5.69 Å². The zero-order valence-corrected chi connectivity index (χ0v) is 18.8. The molecule has 0 unspecified atom stereocenters. The van der Waals surface area contributed by atoms with E-state index in [2.05, 4.69) is 34.5 Å². The van der Waals surface area contributed by atoms with Gasteiger partial charge in [0.15, 0.2) is 0 Å². The Balaban J connectivity index is 1.50. The third-order valence-electron chi connectivity index (χ3n) is 5.44. The average Bonchev–Trinajstić information content (AvgIpc) is 3.19. The first-order valence-electron chi connectivity index (χ1n) is 10.5. The molecule has 0 aliphatic rings. The number of nitrogens with one attached hydrogen (secondary N) is 1. The van der Waals surface area contributed by atoms with Crippen LogP contribution in [-0.2, 0) is 13.6 Å². The van der Waals surface area contributed by atoms with Gasteiger partial charge in [0.1, 0.15) is 5.69 Å². The second kappa shape index (κ2) is 9.06. The van der Waals surface area contributed by atoms with Crippen LogP contribution in [0, 0.1) is 6.92 Å². The van der Waals surface area contributed by atoms with Crippen molar-refractivity contribution in [3.63, 3.8) is 0 Å². The lowest BCUT2D eigenvalue weighted by Crippen LogP contribution is -2.23. The third-order valence-corrected chi connectivity index (χ3v) is 5.44. The van der Waals surface area contributed by atoms with Crippen LogP contribution in [0.1, 0.15) is 21.5 Å². The van der Waals surface area contributed by atoms with E-state index in [1.807, 2.05) is 85.6 Å². The molecule has 162 valence electrons. The molecule has 2 aromatic heterocycles. The number of carbonyl (C=O) groups excluding carboxylic acids is 1. The van der Waals surface area contributed by atoms with E-state index in [4.69, 9.17) is 0 Å². The van der Waals surface area contributed by atoms with Crippen molar-refractivity contribution in [3.8, 4) is 22.4 Å². The van der Waals surface area contributed by atoms with Crippen molar-refractivity contribution in [3.05, 3.63) is 89.9 Å². The summed E-state index contributed by atoms with van der Waals surface area (Å²) >= 11 is 0. The highest BCUT2D eigenvalue weighted by Crippen LogP contribution is 2.32. The van der Waals surface area contributed by atoms with E-state index in [0.29, 0.717) is 12.1 Å². The molecule has 0 saturated carbocycles. The van der Waals surface area contributed by atoms with E-state index in [1.54, 1.807) is 6.20 Å². The lowest BCUT2D eigenvalue weighted by Gasteiger charge is -2.13. The molecule has 1 amide bonds. The van der Waals surface area contributed by atoms with Gasteiger partial charge in [0.05, 0.1) is 0 Å². The number of hydrogen-bond donors (Lipinski definition) is 1. The van der Waals surface area contributed by atoms with Gasteiger partial charge in [-0.05, 0) is 47.9 Å². The number of nitrogens with zero attached hydrogens (tertiary/aromatic N) is 4. The third kappa shape index (κ3) is 4.54. The fourth-order valence-corrected chi connectivity index (χ4v) is 3.66. The Morgan fingerprint density at radius 3 is 2.56 bits per heavy atom. The number of aromatic nitrogens is 3. The van der Waals surface area contributed by atoms with Gasteiger partial charge >= 0.3 is 0 Å². The monoisotopic (exact) mass is 425 g/mol. The van der Waals surface area contributed by atoms with E-state index in [0.717, 1.165) is 39.2 Å². The van der Waals surface area contributed by atoms with Crippen LogP contribution in [0.2, 0.25) is 0 Å². The molecule has 0 aliphatic carbocycles. The lowest BCUT2D eigenvalue weighted by atomic mass is 9.99. The highest BCUT2D eigenvalue weighted by atomic mass is 16.1. The molecule has 4 aromatic rings. The minimum Gasteiger partial charge on any atom is -0.378 e. The predicted molar refractivity (Wildman–Crippen MR) is 129 cm³/mol. The number of aryl methyl sites for hydroxylation is 2. The van der Waals surface area contributed by atoms with Crippen molar-refractivity contribution in [2.75, 3.05) is 19.0 Å². The molecule has 32 heavy (non-hydrogen) atoms. The maximum absolute atomic E-state index is 12.6. The topological polar surface area (TPSA) is 63.1 Å². The Morgan fingerprint density at radius 2 is 1.84 bits per heavy atom. The zero-order valence-electron chi connectivity index (χ0n) is 18.8. The summed E-state index contributed by atoms with van der Waals surface area (Å²) in [5.74, 6) is -0.0852. The van der Waals surface area contributed by atoms with Crippen LogP contribution in [-0.4, -0.2) is 34.8 Å². The van der Waals surface area contributed by atoms with Crippen molar-refractivity contribution in [1.29, 1.82) is 0 Å². The number of benzene rings is 2. The summed E-state index contributed by atoms with van der Waals surface area (Å²) in [7, 11) is 5.85. The first-order valence-corrected chi connectivity index (χ1v) is 10.5. The summed E-state index contributed by atoms with van der Waals surface area (Å²) in [5.41, 5.74) is 7.95. The van der Waals surface area contributed by atoms with Gasteiger partial charge in [0, 0.05) is 68.7 Å². The molecular weight excluding hydrogens is 398 g/mol. The number of pyridine rings is 1. The van der Waals surface area contributed by atoms with E-state index in [9.17, 15) is 4.79 Å². The first kappa shape index (κ1) is 21.3. The maximum Gasteiger partial charge on any atom is 0.251 e. The largest absolute Gasteiger partial charge is 0.378 e. The van der Waals surface area contributed by atoms with Crippen LogP contribution >= 0.6 is 0 Å². The molecule has 0 radical (unpaired) electrons. The van der Waals surface area contributed by atoms with Crippen LogP contribution in [0.15, 0.2) is 73.2 Å². The Labute approximate surface area is 188 Å². The lowest BCUT2D eigenvalue weighted by molar-refractivity contribution is 0.0951. The van der Waals surface area contributed by atoms with Gasteiger partial charge in [-0.1, -0.05) is 30.3 Å². The number of carbonyl (C=O) groups is 1. The van der Waals surface area contributed by atoms with Crippen LogP contribution in [0.25, 0.3) is 22.4 Å². The smallest absolute Gasteiger partial charge is 0.251 e. The van der Waals surface area contributed by atoms with Gasteiger partial charge in [0.25, 0.3) is 5.91 Å². The SMILES string of the molecule is Cc1cnccc1-c1cn(C)nc1-c1ccc(CNC(=O)c2cccc(N(C)C)c2)cc1. The normalized spacial score (nSPS) is 10.8. The summed E-state index contributed by atoms with van der Waals surface area (Å²) < 4.78 is 1.83. The van der Waals surface area contributed by atoms with Crippen molar-refractivity contribution in [2.24, 2.45) is 7.05 Å². The quantitative estimate of drug-likeness (QED) is 0.496. The summed E-state index contributed by atoms with van der Waals surface area (Å²) in [6.07, 6.45) is 5.71. The van der Waals surface area contributed by atoms with Crippen molar-refractivity contribution >= 4 is 11.6 Å². The molecule has 2 heterocycles. The molecule has 0 saturated heterocycles. The summed E-state index contributed by atoms with van der Waals surface area (Å²) in [4.78, 5) is 18.7. The molecule has 0 atom stereocenters. The van der Waals surface area contributed by atoms with Crippen LogP contribution < -0.4 is 10.2 Å². The molecule has 0 aliphatic heterocycles. The fourth-order valence-electron chi connectivity index (χ4n) is 3.66. The molecule has 6 heteroatoms. The van der Waals surface area contributed by atoms with E-state index < -0.39 is 0 Å². The second-order valence-corrected chi connectivity index (χ2v) is 8.08. The predicted octanol–water partition coefficient (Wildman–Crippen LogP) is 4.45. The van der Waals surface area contributed by atoms with Gasteiger partial charge in [-0.2, -0.15) is 5.10 Å². The van der Waals surface area contributed by atoms with Gasteiger partial charge in [-0.25, -0.2) is 0 Å². The molecule has 4 rings (SSSR count). The number of hydrogen-bond acceptors (Lipinski definition) is 4. The Hall–Kier alpha value is -3.93. The molecule has 0 fully saturated rings. The van der Waals surface area contributed by atoms with Crippen molar-refractivity contribution in [2.45, 2.75) is 13.5 Å². The maximum atomic E-state index is 12.6. The highest BCUT2D eigenvalue weighted by Gasteiger charge is 2.14.